The van der Waals surface area contributed by atoms with E-state index in [0.29, 0.717) is 26.9 Å². The number of benzene rings is 1. The van der Waals surface area contributed by atoms with Crippen LogP contribution in [-0.4, -0.2) is 9.97 Å². The summed E-state index contributed by atoms with van der Waals surface area (Å²) < 4.78 is 0.934. The second kappa shape index (κ2) is 5.35. The first-order chi connectivity index (χ1) is 9.06. The highest BCUT2D eigenvalue weighted by atomic mass is 127. The zero-order valence-electron chi connectivity index (χ0n) is 9.63. The molecule has 1 aliphatic carbocycles. The van der Waals surface area contributed by atoms with Crippen molar-refractivity contribution in [2.75, 3.05) is 0 Å². The maximum Gasteiger partial charge on any atom is 0.162 e. The van der Waals surface area contributed by atoms with Gasteiger partial charge in [-0.25, -0.2) is 9.97 Å². The van der Waals surface area contributed by atoms with Gasteiger partial charge in [-0.1, -0.05) is 34.8 Å². The van der Waals surface area contributed by atoms with Gasteiger partial charge in [-0.05, 0) is 53.6 Å². The van der Waals surface area contributed by atoms with E-state index in [1.807, 2.05) is 0 Å². The number of rotatable bonds is 2. The lowest BCUT2D eigenvalue weighted by Crippen LogP contribution is -2.00. The Morgan fingerprint density at radius 3 is 2.53 bits per heavy atom. The first kappa shape index (κ1) is 13.9. The van der Waals surface area contributed by atoms with Crippen molar-refractivity contribution in [1.82, 2.24) is 9.97 Å². The van der Waals surface area contributed by atoms with Crippen molar-refractivity contribution in [3.05, 3.63) is 42.7 Å². The van der Waals surface area contributed by atoms with E-state index < -0.39 is 0 Å². The summed E-state index contributed by atoms with van der Waals surface area (Å²) in [6, 6.07) is 5.24. The van der Waals surface area contributed by atoms with E-state index in [2.05, 4.69) is 32.6 Å². The van der Waals surface area contributed by atoms with Crippen molar-refractivity contribution in [2.45, 2.75) is 18.8 Å². The van der Waals surface area contributed by atoms with Crippen molar-refractivity contribution in [3.8, 4) is 11.4 Å². The Bertz CT molecular complexity index is 657. The minimum Gasteiger partial charge on any atom is -0.232 e. The Balaban J connectivity index is 2.17. The Labute approximate surface area is 139 Å². The summed E-state index contributed by atoms with van der Waals surface area (Å²) in [5.74, 6) is 1.05. The van der Waals surface area contributed by atoms with Crippen molar-refractivity contribution < 1.29 is 0 Å². The van der Waals surface area contributed by atoms with E-state index >= 15 is 0 Å². The molecule has 1 aromatic carbocycles. The predicted molar refractivity (Wildman–Crippen MR) is 87.2 cm³/mol. The summed E-state index contributed by atoms with van der Waals surface area (Å²) in [7, 11) is 0. The third-order valence-corrected chi connectivity index (χ3v) is 5.19. The summed E-state index contributed by atoms with van der Waals surface area (Å²) in [6.07, 6.45) is 2.32. The Kier molecular flexibility index (Phi) is 3.91. The molecule has 19 heavy (non-hydrogen) atoms. The zero-order chi connectivity index (χ0) is 13.6. The molecule has 1 aromatic heterocycles. The van der Waals surface area contributed by atoms with E-state index in [1.165, 1.54) is 0 Å². The van der Waals surface area contributed by atoms with E-state index in [9.17, 15) is 0 Å². The van der Waals surface area contributed by atoms with Crippen LogP contribution in [0.2, 0.25) is 15.2 Å². The van der Waals surface area contributed by atoms with Crippen molar-refractivity contribution in [2.24, 2.45) is 0 Å². The van der Waals surface area contributed by atoms with Crippen LogP contribution >= 0.6 is 57.4 Å². The van der Waals surface area contributed by atoms with Crippen molar-refractivity contribution in [3.63, 3.8) is 0 Å². The van der Waals surface area contributed by atoms with Gasteiger partial charge in [-0.15, -0.1) is 0 Å². The fourth-order valence-electron chi connectivity index (χ4n) is 1.85. The van der Waals surface area contributed by atoms with Gasteiger partial charge >= 0.3 is 0 Å². The molecule has 0 spiro atoms. The summed E-state index contributed by atoms with van der Waals surface area (Å²) in [6.45, 7) is 0. The van der Waals surface area contributed by atoms with Crippen LogP contribution in [0.1, 0.15) is 24.5 Å². The molecule has 98 valence electrons. The average Bonchev–Trinajstić information content (AvgIpc) is 3.20. The molecule has 0 atom stereocenters. The standard InChI is InChI=1S/C13H8Cl3IN2/c14-7-3-4-9(15)8(5-7)13-18-11(6-1-2-6)10(17)12(16)19-13/h3-6H,1-2H2. The molecule has 0 amide bonds. The molecule has 2 aromatic rings. The molecule has 0 unspecified atom stereocenters. The Hall–Kier alpha value is -0.100. The summed E-state index contributed by atoms with van der Waals surface area (Å²) in [5.41, 5.74) is 1.74. The third kappa shape index (κ3) is 2.84. The van der Waals surface area contributed by atoms with E-state index in [-0.39, 0.29) is 0 Å². The largest absolute Gasteiger partial charge is 0.232 e. The van der Waals surface area contributed by atoms with Gasteiger partial charge in [-0.3, -0.25) is 0 Å². The lowest BCUT2D eigenvalue weighted by Gasteiger charge is -2.09. The van der Waals surface area contributed by atoms with Gasteiger partial charge in [0.15, 0.2) is 5.82 Å². The number of hydrogen-bond acceptors (Lipinski definition) is 2. The van der Waals surface area contributed by atoms with E-state index in [0.717, 1.165) is 27.7 Å². The zero-order valence-corrected chi connectivity index (χ0v) is 14.1. The summed E-state index contributed by atoms with van der Waals surface area (Å²) in [5, 5.41) is 1.65. The first-order valence-corrected chi connectivity index (χ1v) is 7.96. The lowest BCUT2D eigenvalue weighted by molar-refractivity contribution is 0.978. The van der Waals surface area contributed by atoms with E-state index in [4.69, 9.17) is 34.8 Å². The van der Waals surface area contributed by atoms with Gasteiger partial charge in [0.1, 0.15) is 5.15 Å². The molecule has 0 N–H and O–H groups in total. The molecule has 1 aliphatic rings. The predicted octanol–water partition coefficient (Wildman–Crippen LogP) is 5.59. The van der Waals surface area contributed by atoms with Crippen LogP contribution in [0.3, 0.4) is 0 Å². The number of halogens is 4. The molecular weight excluding hydrogens is 417 g/mol. The highest BCUT2D eigenvalue weighted by Gasteiger charge is 2.29. The fourth-order valence-corrected chi connectivity index (χ4v) is 3.09. The summed E-state index contributed by atoms with van der Waals surface area (Å²) in [4.78, 5) is 8.94. The second-order valence-electron chi connectivity index (χ2n) is 4.44. The van der Waals surface area contributed by atoms with Crippen LogP contribution in [0, 0.1) is 3.57 Å². The summed E-state index contributed by atoms with van der Waals surface area (Å²) >= 11 is 20.6. The quantitative estimate of drug-likeness (QED) is 0.463. The fraction of sp³-hybridized carbons (Fsp3) is 0.231. The smallest absolute Gasteiger partial charge is 0.162 e. The molecule has 3 rings (SSSR count). The maximum atomic E-state index is 6.20. The van der Waals surface area contributed by atoms with Crippen LogP contribution in [0.4, 0.5) is 0 Å². The molecule has 2 nitrogen and oxygen atoms in total. The molecule has 1 fully saturated rings. The van der Waals surface area contributed by atoms with Crippen molar-refractivity contribution >= 4 is 57.4 Å². The van der Waals surface area contributed by atoms with Gasteiger partial charge in [0.2, 0.25) is 0 Å². The second-order valence-corrected chi connectivity index (χ2v) is 6.72. The van der Waals surface area contributed by atoms with Crippen LogP contribution in [0.15, 0.2) is 18.2 Å². The highest BCUT2D eigenvalue weighted by molar-refractivity contribution is 14.1. The van der Waals surface area contributed by atoms with Crippen LogP contribution in [0.5, 0.6) is 0 Å². The average molecular weight is 425 g/mol. The molecule has 0 radical (unpaired) electrons. The number of aromatic nitrogens is 2. The molecule has 0 aliphatic heterocycles. The Morgan fingerprint density at radius 2 is 1.84 bits per heavy atom. The van der Waals surface area contributed by atoms with Gasteiger partial charge in [0, 0.05) is 16.5 Å². The van der Waals surface area contributed by atoms with Crippen LogP contribution < -0.4 is 0 Å². The molecule has 1 heterocycles. The molecule has 6 heteroatoms. The van der Waals surface area contributed by atoms with Gasteiger partial charge in [0.05, 0.1) is 14.3 Å². The normalized spacial score (nSPS) is 14.7. The lowest BCUT2D eigenvalue weighted by atomic mass is 10.2. The minimum absolute atomic E-state index is 0.476. The topological polar surface area (TPSA) is 25.8 Å². The number of hydrogen-bond donors (Lipinski definition) is 0. The maximum absolute atomic E-state index is 6.20. The van der Waals surface area contributed by atoms with Gasteiger partial charge < -0.3 is 0 Å². The molecule has 1 saturated carbocycles. The molecular formula is C13H8Cl3IN2. The highest BCUT2D eigenvalue weighted by Crippen LogP contribution is 2.43. The first-order valence-electron chi connectivity index (χ1n) is 5.74. The minimum atomic E-state index is 0.476. The van der Waals surface area contributed by atoms with Crippen LogP contribution in [-0.2, 0) is 0 Å². The van der Waals surface area contributed by atoms with E-state index in [1.54, 1.807) is 18.2 Å². The third-order valence-electron chi connectivity index (χ3n) is 2.97. The monoisotopic (exact) mass is 424 g/mol. The van der Waals surface area contributed by atoms with Gasteiger partial charge in [0.25, 0.3) is 0 Å². The van der Waals surface area contributed by atoms with Crippen molar-refractivity contribution in [1.29, 1.82) is 0 Å². The Morgan fingerprint density at radius 1 is 1.11 bits per heavy atom. The van der Waals surface area contributed by atoms with Crippen LogP contribution in [0.25, 0.3) is 11.4 Å². The molecule has 0 bridgehead atoms. The SMILES string of the molecule is Clc1ccc(Cl)c(-c2nc(Cl)c(I)c(C3CC3)n2)c1. The van der Waals surface area contributed by atoms with Gasteiger partial charge in [-0.2, -0.15) is 0 Å². The molecule has 0 saturated heterocycles. The number of nitrogens with zero attached hydrogens (tertiary/aromatic N) is 2.